The van der Waals surface area contributed by atoms with Gasteiger partial charge in [0.15, 0.2) is 0 Å². The van der Waals surface area contributed by atoms with Crippen LogP contribution in [-0.2, 0) is 0 Å². The monoisotopic (exact) mass is 159 g/mol. The van der Waals surface area contributed by atoms with Crippen LogP contribution in [0.1, 0.15) is 20.3 Å². The maximum Gasteiger partial charge on any atom is 0.0128 e. The third kappa shape index (κ3) is 1.32. The second-order valence-electron chi connectivity index (χ2n) is 3.74. The van der Waals surface area contributed by atoms with Gasteiger partial charge < -0.3 is 5.73 Å². The Hall–Kier alpha value is 0.310. The molecule has 1 rings (SSSR count). The molecule has 1 nitrogen and oxygen atoms in total. The lowest BCUT2D eigenvalue weighted by molar-refractivity contribution is 0.546. The van der Waals surface area contributed by atoms with Gasteiger partial charge in [0, 0.05) is 6.04 Å². The van der Waals surface area contributed by atoms with Crippen molar-refractivity contribution < 1.29 is 0 Å². The maximum atomic E-state index is 5.88. The molecule has 1 aliphatic carbocycles. The molecule has 0 aliphatic heterocycles. The van der Waals surface area contributed by atoms with Crippen molar-refractivity contribution in [3.05, 3.63) is 0 Å². The fourth-order valence-electron chi connectivity index (χ4n) is 1.58. The average Bonchev–Trinajstić information content (AvgIpc) is 2.31. The van der Waals surface area contributed by atoms with Gasteiger partial charge in [-0.15, -0.1) is 0 Å². The van der Waals surface area contributed by atoms with Crippen molar-refractivity contribution in [2.45, 2.75) is 26.3 Å². The standard InChI is InChI=1S/C8H17NS/c1-8(2)6(7(8)9)4-5-10-3/h6-7H,4-5,9H2,1-3H3/t6-,7-/m0/s1. The summed E-state index contributed by atoms with van der Waals surface area (Å²) < 4.78 is 0. The second kappa shape index (κ2) is 2.74. The van der Waals surface area contributed by atoms with E-state index in [1.54, 1.807) is 0 Å². The van der Waals surface area contributed by atoms with Crippen molar-refractivity contribution in [3.63, 3.8) is 0 Å². The summed E-state index contributed by atoms with van der Waals surface area (Å²) in [5.41, 5.74) is 6.32. The molecular weight excluding hydrogens is 142 g/mol. The Labute approximate surface area is 67.8 Å². The van der Waals surface area contributed by atoms with Crippen LogP contribution in [0.5, 0.6) is 0 Å². The van der Waals surface area contributed by atoms with E-state index in [1.807, 2.05) is 11.8 Å². The largest absolute Gasteiger partial charge is 0.327 e. The molecule has 2 heteroatoms. The van der Waals surface area contributed by atoms with E-state index in [1.165, 1.54) is 12.2 Å². The topological polar surface area (TPSA) is 26.0 Å². The first-order chi connectivity index (χ1) is 4.60. The lowest BCUT2D eigenvalue weighted by Gasteiger charge is -1.99. The molecule has 10 heavy (non-hydrogen) atoms. The van der Waals surface area contributed by atoms with E-state index >= 15 is 0 Å². The molecule has 1 aliphatic rings. The summed E-state index contributed by atoms with van der Waals surface area (Å²) in [6.07, 6.45) is 3.45. The molecule has 0 bridgehead atoms. The summed E-state index contributed by atoms with van der Waals surface area (Å²) in [4.78, 5) is 0. The Bertz CT molecular complexity index is 122. The van der Waals surface area contributed by atoms with Gasteiger partial charge in [-0.25, -0.2) is 0 Å². The highest BCUT2D eigenvalue weighted by Gasteiger charge is 2.54. The fraction of sp³-hybridized carbons (Fsp3) is 1.00. The molecule has 0 heterocycles. The number of thioether (sulfide) groups is 1. The van der Waals surface area contributed by atoms with Gasteiger partial charge in [-0.2, -0.15) is 11.8 Å². The minimum atomic E-state index is 0.440. The minimum absolute atomic E-state index is 0.440. The fourth-order valence-corrected chi connectivity index (χ4v) is 2.07. The Kier molecular flexibility index (Phi) is 2.31. The summed E-state index contributed by atoms with van der Waals surface area (Å²) in [5.74, 6) is 2.06. The summed E-state index contributed by atoms with van der Waals surface area (Å²) >= 11 is 1.92. The number of hydrogen-bond donors (Lipinski definition) is 1. The first-order valence-electron chi connectivity index (χ1n) is 3.85. The van der Waals surface area contributed by atoms with Gasteiger partial charge in [0.25, 0.3) is 0 Å². The molecule has 0 saturated heterocycles. The first-order valence-corrected chi connectivity index (χ1v) is 5.24. The van der Waals surface area contributed by atoms with Crippen LogP contribution in [0.2, 0.25) is 0 Å². The van der Waals surface area contributed by atoms with Gasteiger partial charge in [0.1, 0.15) is 0 Å². The van der Waals surface area contributed by atoms with Crippen LogP contribution >= 0.6 is 11.8 Å². The molecule has 2 N–H and O–H groups in total. The third-order valence-electron chi connectivity index (χ3n) is 2.77. The molecule has 0 amide bonds. The summed E-state index contributed by atoms with van der Waals surface area (Å²) in [7, 11) is 0. The molecule has 1 fully saturated rings. The van der Waals surface area contributed by atoms with E-state index in [0.717, 1.165) is 5.92 Å². The smallest absolute Gasteiger partial charge is 0.0128 e. The van der Waals surface area contributed by atoms with E-state index in [2.05, 4.69) is 20.1 Å². The number of rotatable bonds is 3. The van der Waals surface area contributed by atoms with E-state index in [4.69, 9.17) is 5.73 Å². The number of hydrogen-bond acceptors (Lipinski definition) is 2. The van der Waals surface area contributed by atoms with Crippen LogP contribution in [0.4, 0.5) is 0 Å². The van der Waals surface area contributed by atoms with Crippen LogP contribution in [0.3, 0.4) is 0 Å². The minimum Gasteiger partial charge on any atom is -0.327 e. The summed E-state index contributed by atoms with van der Waals surface area (Å²) in [5, 5.41) is 0. The quantitative estimate of drug-likeness (QED) is 0.678. The summed E-state index contributed by atoms with van der Waals surface area (Å²) in [6, 6.07) is 0.472. The highest BCUT2D eigenvalue weighted by atomic mass is 32.2. The van der Waals surface area contributed by atoms with Gasteiger partial charge >= 0.3 is 0 Å². The lowest BCUT2D eigenvalue weighted by Crippen LogP contribution is -2.06. The predicted molar refractivity (Wildman–Crippen MR) is 48.2 cm³/mol. The second-order valence-corrected chi connectivity index (χ2v) is 4.72. The molecule has 0 radical (unpaired) electrons. The van der Waals surface area contributed by atoms with Gasteiger partial charge in [-0.3, -0.25) is 0 Å². The van der Waals surface area contributed by atoms with Crippen molar-refractivity contribution in [3.8, 4) is 0 Å². The Morgan fingerprint density at radius 3 is 2.30 bits per heavy atom. The van der Waals surface area contributed by atoms with Crippen molar-refractivity contribution in [1.29, 1.82) is 0 Å². The van der Waals surface area contributed by atoms with Gasteiger partial charge in [0.05, 0.1) is 0 Å². The molecule has 0 aromatic carbocycles. The zero-order valence-electron chi connectivity index (χ0n) is 7.05. The SMILES string of the molecule is CSCC[C@H]1[C@H](N)C1(C)C. The van der Waals surface area contributed by atoms with Crippen molar-refractivity contribution in [2.75, 3.05) is 12.0 Å². The summed E-state index contributed by atoms with van der Waals surface area (Å²) in [6.45, 7) is 4.53. The van der Waals surface area contributed by atoms with Crippen LogP contribution in [-0.4, -0.2) is 18.1 Å². The highest BCUT2D eigenvalue weighted by molar-refractivity contribution is 7.98. The van der Waals surface area contributed by atoms with Gasteiger partial charge in [0.2, 0.25) is 0 Å². The molecule has 2 atom stereocenters. The molecular formula is C8H17NS. The Morgan fingerprint density at radius 1 is 1.50 bits per heavy atom. The Morgan fingerprint density at radius 2 is 2.00 bits per heavy atom. The van der Waals surface area contributed by atoms with E-state index < -0.39 is 0 Å². The third-order valence-corrected chi connectivity index (χ3v) is 3.42. The average molecular weight is 159 g/mol. The van der Waals surface area contributed by atoms with Crippen LogP contribution < -0.4 is 5.73 Å². The van der Waals surface area contributed by atoms with Crippen molar-refractivity contribution in [2.24, 2.45) is 17.1 Å². The predicted octanol–water partition coefficient (Wildman–Crippen LogP) is 1.72. The zero-order valence-corrected chi connectivity index (χ0v) is 7.87. The molecule has 0 aromatic heterocycles. The lowest BCUT2D eigenvalue weighted by atomic mass is 10.1. The molecule has 0 unspecified atom stereocenters. The highest BCUT2D eigenvalue weighted by Crippen LogP contribution is 2.52. The van der Waals surface area contributed by atoms with Crippen molar-refractivity contribution in [1.82, 2.24) is 0 Å². The molecule has 0 spiro atoms. The van der Waals surface area contributed by atoms with Crippen molar-refractivity contribution >= 4 is 11.8 Å². The van der Waals surface area contributed by atoms with E-state index in [0.29, 0.717) is 11.5 Å². The van der Waals surface area contributed by atoms with E-state index in [9.17, 15) is 0 Å². The van der Waals surface area contributed by atoms with Crippen LogP contribution in [0.25, 0.3) is 0 Å². The van der Waals surface area contributed by atoms with Crippen LogP contribution in [0, 0.1) is 11.3 Å². The molecule has 1 saturated carbocycles. The Balaban J connectivity index is 2.22. The normalized spacial score (nSPS) is 36.0. The molecule has 0 aromatic rings. The number of nitrogens with two attached hydrogens (primary N) is 1. The first kappa shape index (κ1) is 8.41. The van der Waals surface area contributed by atoms with Gasteiger partial charge in [-0.1, -0.05) is 13.8 Å². The maximum absolute atomic E-state index is 5.88. The molecule has 60 valence electrons. The van der Waals surface area contributed by atoms with Gasteiger partial charge in [-0.05, 0) is 29.8 Å². The van der Waals surface area contributed by atoms with E-state index in [-0.39, 0.29) is 0 Å². The van der Waals surface area contributed by atoms with Crippen LogP contribution in [0.15, 0.2) is 0 Å². The zero-order chi connectivity index (χ0) is 7.78.